The largest absolute Gasteiger partial charge is 0.352 e. The van der Waals surface area contributed by atoms with E-state index >= 15 is 0 Å². The van der Waals surface area contributed by atoms with E-state index in [4.69, 9.17) is 0 Å². The third kappa shape index (κ3) is 2.68. The number of carbonyl (C=O) groups excluding carboxylic acids is 2. The van der Waals surface area contributed by atoms with Crippen LogP contribution in [0.15, 0.2) is 12.4 Å². The van der Waals surface area contributed by atoms with E-state index in [1.807, 2.05) is 4.90 Å². The molecule has 4 atom stereocenters. The average Bonchev–Trinajstić information content (AvgIpc) is 2.97. The van der Waals surface area contributed by atoms with Crippen LogP contribution in [0.25, 0.3) is 0 Å². The Bertz CT molecular complexity index is 742. The first-order valence-electron chi connectivity index (χ1n) is 9.89. The number of urea groups is 1. The minimum Gasteiger partial charge on any atom is -0.352 e. The summed E-state index contributed by atoms with van der Waals surface area (Å²) in [6, 6.07) is 0.311. The number of carbonyl (C=O) groups is 2. The lowest BCUT2D eigenvalue weighted by molar-refractivity contribution is -0.122. The van der Waals surface area contributed by atoms with Gasteiger partial charge in [0.1, 0.15) is 6.54 Å². The van der Waals surface area contributed by atoms with Gasteiger partial charge in [0.15, 0.2) is 0 Å². The summed E-state index contributed by atoms with van der Waals surface area (Å²) >= 11 is 0. The summed E-state index contributed by atoms with van der Waals surface area (Å²) in [4.78, 5) is 26.5. The Kier molecular flexibility index (Phi) is 3.56. The molecule has 2 N–H and O–H groups in total. The first kappa shape index (κ1) is 16.1. The minimum absolute atomic E-state index is 0.0238. The summed E-state index contributed by atoms with van der Waals surface area (Å²) in [5.74, 6) is 2.25. The van der Waals surface area contributed by atoms with Crippen molar-refractivity contribution in [1.29, 1.82) is 0 Å². The molecule has 0 radical (unpaired) electrons. The van der Waals surface area contributed by atoms with Gasteiger partial charge in [0.25, 0.3) is 0 Å². The number of likely N-dealkylation sites (tertiary alicyclic amines) is 1. The summed E-state index contributed by atoms with van der Waals surface area (Å²) in [6.07, 6.45) is 9.54. The Hall–Kier alpha value is -2.05. The molecule has 3 aliphatic carbocycles. The molecule has 1 saturated heterocycles. The van der Waals surface area contributed by atoms with Crippen LogP contribution in [0, 0.1) is 23.2 Å². The van der Waals surface area contributed by atoms with Crippen LogP contribution in [0.5, 0.6) is 0 Å². The van der Waals surface area contributed by atoms with E-state index in [9.17, 15) is 9.59 Å². The number of anilines is 1. The number of rotatable bonds is 4. The van der Waals surface area contributed by atoms with Gasteiger partial charge >= 0.3 is 6.03 Å². The fourth-order valence-corrected chi connectivity index (χ4v) is 5.66. The Morgan fingerprint density at radius 2 is 2.15 bits per heavy atom. The summed E-state index contributed by atoms with van der Waals surface area (Å²) in [5.41, 5.74) is 0.963. The Balaban J connectivity index is 1.18. The van der Waals surface area contributed by atoms with Gasteiger partial charge in [0.2, 0.25) is 5.91 Å². The summed E-state index contributed by atoms with van der Waals surface area (Å²) in [7, 11) is 0. The molecule has 3 amide bonds. The van der Waals surface area contributed by atoms with Crippen molar-refractivity contribution in [2.24, 2.45) is 23.2 Å². The Morgan fingerprint density at radius 3 is 2.92 bits per heavy atom. The molecule has 4 unspecified atom stereocenters. The lowest BCUT2D eigenvalue weighted by atomic mass is 9.70. The number of hydrogen-bond acceptors (Lipinski definition) is 3. The Morgan fingerprint density at radius 1 is 1.31 bits per heavy atom. The van der Waals surface area contributed by atoms with E-state index in [1.54, 1.807) is 17.1 Å². The van der Waals surface area contributed by atoms with Gasteiger partial charge in [-0.15, -0.1) is 0 Å². The highest BCUT2D eigenvalue weighted by molar-refractivity contribution is 5.89. The highest BCUT2D eigenvalue weighted by Crippen LogP contribution is 2.62. The molecule has 2 heterocycles. The van der Waals surface area contributed by atoms with Crippen molar-refractivity contribution in [2.45, 2.75) is 51.6 Å². The fourth-order valence-electron chi connectivity index (χ4n) is 5.66. The standard InChI is InChI=1S/C19H27N5O2/c1-19-11-23(9-16(19)12-2-3-13(19)6-12)18(26)22-15-7-20-24(8-15)10-17(25)21-14-4-5-14/h7-8,12-14,16H,2-6,9-11H2,1H3,(H,21,25)(H,22,26). The first-order chi connectivity index (χ1) is 12.5. The van der Waals surface area contributed by atoms with Gasteiger partial charge in [-0.25, -0.2) is 4.79 Å². The second kappa shape index (κ2) is 5.72. The number of aromatic nitrogens is 2. The van der Waals surface area contributed by atoms with Crippen LogP contribution in [0.1, 0.15) is 39.0 Å². The van der Waals surface area contributed by atoms with E-state index in [0.29, 0.717) is 23.1 Å². The van der Waals surface area contributed by atoms with Crippen LogP contribution in [-0.2, 0) is 11.3 Å². The molecule has 1 aromatic heterocycles. The fraction of sp³-hybridized carbons (Fsp3) is 0.737. The van der Waals surface area contributed by atoms with E-state index in [1.165, 1.54) is 19.3 Å². The number of hydrogen-bond donors (Lipinski definition) is 2. The van der Waals surface area contributed by atoms with Gasteiger partial charge in [0.05, 0.1) is 11.9 Å². The molecule has 140 valence electrons. The maximum absolute atomic E-state index is 12.7. The van der Waals surface area contributed by atoms with Gasteiger partial charge in [-0.2, -0.15) is 5.10 Å². The molecule has 7 heteroatoms. The number of nitrogens with one attached hydrogen (secondary N) is 2. The summed E-state index contributed by atoms with van der Waals surface area (Å²) < 4.78 is 1.58. The highest BCUT2D eigenvalue weighted by Gasteiger charge is 2.59. The van der Waals surface area contributed by atoms with Crippen LogP contribution < -0.4 is 10.6 Å². The molecule has 7 nitrogen and oxygen atoms in total. The minimum atomic E-state index is -0.0398. The predicted octanol–water partition coefficient (Wildman–Crippen LogP) is 2.06. The number of fused-ring (bicyclic) bond motifs is 5. The lowest BCUT2D eigenvalue weighted by Gasteiger charge is -2.34. The SMILES string of the molecule is CC12CN(C(=O)Nc3cnn(CC(=O)NC4CC4)c3)CC1C1CCC2C1. The first-order valence-corrected chi connectivity index (χ1v) is 9.89. The second-order valence-corrected chi connectivity index (χ2v) is 8.96. The van der Waals surface area contributed by atoms with Gasteiger partial charge in [-0.1, -0.05) is 6.92 Å². The van der Waals surface area contributed by atoms with Crippen LogP contribution in [0.3, 0.4) is 0 Å². The highest BCUT2D eigenvalue weighted by atomic mass is 16.2. The average molecular weight is 357 g/mol. The zero-order chi connectivity index (χ0) is 17.9. The van der Waals surface area contributed by atoms with Crippen molar-refractivity contribution in [3.05, 3.63) is 12.4 Å². The summed E-state index contributed by atoms with van der Waals surface area (Å²) in [5, 5.41) is 10.1. The Labute approximate surface area is 153 Å². The molecule has 4 fully saturated rings. The topological polar surface area (TPSA) is 79.3 Å². The van der Waals surface area contributed by atoms with Crippen molar-refractivity contribution in [3.8, 4) is 0 Å². The molecule has 1 aromatic rings. The molecule has 0 spiro atoms. The van der Waals surface area contributed by atoms with E-state index in [0.717, 1.165) is 37.8 Å². The van der Waals surface area contributed by atoms with Gasteiger partial charge in [-0.05, 0) is 55.3 Å². The van der Waals surface area contributed by atoms with Crippen LogP contribution in [0.2, 0.25) is 0 Å². The molecule has 26 heavy (non-hydrogen) atoms. The zero-order valence-electron chi connectivity index (χ0n) is 15.3. The van der Waals surface area contributed by atoms with Gasteiger partial charge < -0.3 is 15.5 Å². The van der Waals surface area contributed by atoms with Crippen molar-refractivity contribution in [1.82, 2.24) is 20.0 Å². The van der Waals surface area contributed by atoms with E-state index in [2.05, 4.69) is 22.7 Å². The maximum Gasteiger partial charge on any atom is 0.321 e. The van der Waals surface area contributed by atoms with Crippen LogP contribution in [-0.4, -0.2) is 45.8 Å². The molecular weight excluding hydrogens is 330 g/mol. The zero-order valence-corrected chi connectivity index (χ0v) is 15.3. The third-order valence-corrected chi connectivity index (χ3v) is 7.19. The van der Waals surface area contributed by atoms with Crippen LogP contribution >= 0.6 is 0 Å². The van der Waals surface area contributed by atoms with Crippen molar-refractivity contribution >= 4 is 17.6 Å². The van der Waals surface area contributed by atoms with Gasteiger partial charge in [0, 0.05) is 25.3 Å². The summed E-state index contributed by atoms with van der Waals surface area (Å²) in [6.45, 7) is 4.31. The molecule has 1 aliphatic heterocycles. The lowest BCUT2D eigenvalue weighted by Crippen LogP contribution is -2.36. The van der Waals surface area contributed by atoms with E-state index < -0.39 is 0 Å². The smallest absolute Gasteiger partial charge is 0.321 e. The molecule has 2 bridgehead atoms. The third-order valence-electron chi connectivity index (χ3n) is 7.19. The second-order valence-electron chi connectivity index (χ2n) is 8.96. The van der Waals surface area contributed by atoms with Crippen molar-refractivity contribution in [2.75, 3.05) is 18.4 Å². The van der Waals surface area contributed by atoms with Crippen molar-refractivity contribution < 1.29 is 9.59 Å². The molecule has 5 rings (SSSR count). The molecule has 3 saturated carbocycles. The van der Waals surface area contributed by atoms with Crippen LogP contribution in [0.4, 0.5) is 10.5 Å². The normalized spacial score (nSPS) is 34.8. The maximum atomic E-state index is 12.7. The number of amides is 3. The number of nitrogens with zero attached hydrogens (tertiary/aromatic N) is 3. The monoisotopic (exact) mass is 357 g/mol. The molecule has 0 aromatic carbocycles. The predicted molar refractivity (Wildman–Crippen MR) is 96.4 cm³/mol. The van der Waals surface area contributed by atoms with Gasteiger partial charge in [-0.3, -0.25) is 9.48 Å². The molecular formula is C19H27N5O2. The quantitative estimate of drug-likeness (QED) is 0.866. The molecule has 4 aliphatic rings. The van der Waals surface area contributed by atoms with Crippen molar-refractivity contribution in [3.63, 3.8) is 0 Å². The van der Waals surface area contributed by atoms with E-state index in [-0.39, 0.29) is 18.5 Å².